The maximum Gasteiger partial charge on any atom is 0.0130 e. The number of nitrogens with two attached hydrogens (primary N) is 1. The molecule has 0 radical (unpaired) electrons. The molecule has 0 saturated heterocycles. The van der Waals surface area contributed by atoms with Crippen LogP contribution in [0.1, 0.15) is 26.3 Å². The summed E-state index contributed by atoms with van der Waals surface area (Å²) in [5.41, 5.74) is 7.51. The second-order valence-corrected chi connectivity index (χ2v) is 6.37. The first-order valence-corrected chi connectivity index (χ1v) is 6.46. The third-order valence-electron chi connectivity index (χ3n) is 2.90. The molecule has 1 atom stereocenters. The molecular formula is C13H20IN. The Morgan fingerprint density at radius 3 is 2.13 bits per heavy atom. The number of hydrogen-bond donors (Lipinski definition) is 1. The van der Waals surface area contributed by atoms with Gasteiger partial charge in [0.15, 0.2) is 0 Å². The van der Waals surface area contributed by atoms with Crippen LogP contribution in [0.15, 0.2) is 24.3 Å². The van der Waals surface area contributed by atoms with Crippen LogP contribution in [0.3, 0.4) is 0 Å². The first-order chi connectivity index (χ1) is 6.93. The summed E-state index contributed by atoms with van der Waals surface area (Å²) in [4.78, 5) is 0. The monoisotopic (exact) mass is 317 g/mol. The van der Waals surface area contributed by atoms with Gasteiger partial charge in [0.25, 0.3) is 0 Å². The lowest BCUT2D eigenvalue weighted by Gasteiger charge is -2.29. The van der Waals surface area contributed by atoms with E-state index >= 15 is 0 Å². The van der Waals surface area contributed by atoms with Crippen molar-refractivity contribution in [2.45, 2.75) is 27.2 Å². The van der Waals surface area contributed by atoms with Gasteiger partial charge in [-0.15, -0.1) is 0 Å². The average molecular weight is 317 g/mol. The van der Waals surface area contributed by atoms with Crippen LogP contribution in [0.5, 0.6) is 0 Å². The zero-order valence-corrected chi connectivity index (χ0v) is 11.9. The van der Waals surface area contributed by atoms with Gasteiger partial charge in [-0.25, -0.2) is 0 Å². The molecule has 1 unspecified atom stereocenters. The van der Waals surface area contributed by atoms with Crippen LogP contribution in [0.4, 0.5) is 0 Å². The summed E-state index contributed by atoms with van der Waals surface area (Å²) in [5, 5.41) is 0. The lowest BCUT2D eigenvalue weighted by Crippen LogP contribution is -2.29. The van der Waals surface area contributed by atoms with E-state index in [0.29, 0.717) is 5.92 Å². The fourth-order valence-corrected chi connectivity index (χ4v) is 2.01. The quantitative estimate of drug-likeness (QED) is 0.849. The first kappa shape index (κ1) is 13.0. The van der Waals surface area contributed by atoms with E-state index < -0.39 is 0 Å². The van der Waals surface area contributed by atoms with E-state index in [9.17, 15) is 0 Å². The Morgan fingerprint density at radius 1 is 1.20 bits per heavy atom. The van der Waals surface area contributed by atoms with E-state index in [2.05, 4.69) is 67.6 Å². The normalized spacial score (nSPS) is 13.9. The molecule has 0 aromatic heterocycles. The molecule has 2 heteroatoms. The Kier molecular flexibility index (Phi) is 4.59. The number of halogens is 1. The zero-order chi connectivity index (χ0) is 11.5. The number of benzene rings is 1. The van der Waals surface area contributed by atoms with E-state index in [1.165, 1.54) is 9.13 Å². The predicted octanol–water partition coefficient (Wildman–Crippen LogP) is 3.45. The van der Waals surface area contributed by atoms with Crippen LogP contribution < -0.4 is 5.73 Å². The van der Waals surface area contributed by atoms with Gasteiger partial charge in [0.1, 0.15) is 0 Å². The molecule has 0 spiro atoms. The molecule has 0 aliphatic rings. The molecule has 84 valence electrons. The Bertz CT molecular complexity index is 297. The number of rotatable bonds is 3. The Labute approximate surface area is 107 Å². The van der Waals surface area contributed by atoms with Crippen LogP contribution in [-0.2, 0) is 6.42 Å². The minimum atomic E-state index is 0.289. The van der Waals surface area contributed by atoms with Crippen molar-refractivity contribution in [2.24, 2.45) is 17.1 Å². The van der Waals surface area contributed by atoms with Crippen LogP contribution >= 0.6 is 22.6 Å². The molecule has 1 nitrogen and oxygen atoms in total. The topological polar surface area (TPSA) is 26.0 Å². The fourth-order valence-electron chi connectivity index (χ4n) is 1.65. The van der Waals surface area contributed by atoms with Crippen molar-refractivity contribution in [3.05, 3.63) is 33.4 Å². The largest absolute Gasteiger partial charge is 0.330 e. The molecule has 0 fully saturated rings. The van der Waals surface area contributed by atoms with Gasteiger partial charge in [-0.1, -0.05) is 32.9 Å². The van der Waals surface area contributed by atoms with Gasteiger partial charge in [0, 0.05) is 3.57 Å². The van der Waals surface area contributed by atoms with Crippen LogP contribution in [0.2, 0.25) is 0 Å². The van der Waals surface area contributed by atoms with Crippen LogP contribution in [0.25, 0.3) is 0 Å². The molecule has 2 N–H and O–H groups in total. The summed E-state index contributed by atoms with van der Waals surface area (Å²) in [6.45, 7) is 7.54. The molecule has 1 rings (SSSR count). The molecule has 15 heavy (non-hydrogen) atoms. The summed E-state index contributed by atoms with van der Waals surface area (Å²) >= 11 is 2.33. The molecular weight excluding hydrogens is 297 g/mol. The van der Waals surface area contributed by atoms with Crippen molar-refractivity contribution in [1.29, 1.82) is 0 Å². The standard InChI is InChI=1S/C13H20IN/c1-13(2,3)11(9-15)8-10-4-6-12(14)7-5-10/h4-7,11H,8-9,15H2,1-3H3. The van der Waals surface area contributed by atoms with E-state index in [0.717, 1.165) is 13.0 Å². The molecule has 1 aromatic rings. The molecule has 1 aromatic carbocycles. The summed E-state index contributed by atoms with van der Waals surface area (Å²) in [5.74, 6) is 0.553. The highest BCUT2D eigenvalue weighted by Gasteiger charge is 2.23. The molecule has 0 amide bonds. The highest BCUT2D eigenvalue weighted by Crippen LogP contribution is 2.28. The van der Waals surface area contributed by atoms with Crippen molar-refractivity contribution in [3.8, 4) is 0 Å². The maximum absolute atomic E-state index is 5.84. The summed E-state index contributed by atoms with van der Waals surface area (Å²) < 4.78 is 1.29. The second-order valence-electron chi connectivity index (χ2n) is 5.13. The van der Waals surface area contributed by atoms with Crippen LogP contribution in [-0.4, -0.2) is 6.54 Å². The van der Waals surface area contributed by atoms with Crippen molar-refractivity contribution < 1.29 is 0 Å². The van der Waals surface area contributed by atoms with Gasteiger partial charge >= 0.3 is 0 Å². The molecule has 0 aliphatic heterocycles. The van der Waals surface area contributed by atoms with Gasteiger partial charge in [0.05, 0.1) is 0 Å². The highest BCUT2D eigenvalue weighted by molar-refractivity contribution is 14.1. The van der Waals surface area contributed by atoms with E-state index in [1.54, 1.807) is 0 Å². The SMILES string of the molecule is CC(C)(C)C(CN)Cc1ccc(I)cc1. The molecule has 0 saturated carbocycles. The van der Waals surface area contributed by atoms with Crippen molar-refractivity contribution in [3.63, 3.8) is 0 Å². The highest BCUT2D eigenvalue weighted by atomic mass is 127. The molecule has 0 heterocycles. The Hall–Kier alpha value is -0.0900. The maximum atomic E-state index is 5.84. The Balaban J connectivity index is 2.71. The Morgan fingerprint density at radius 2 is 1.73 bits per heavy atom. The van der Waals surface area contributed by atoms with Gasteiger partial charge in [-0.3, -0.25) is 0 Å². The molecule has 0 aliphatic carbocycles. The lowest BCUT2D eigenvalue weighted by molar-refractivity contribution is 0.246. The summed E-state index contributed by atoms with van der Waals surface area (Å²) in [6.07, 6.45) is 1.08. The average Bonchev–Trinajstić information content (AvgIpc) is 2.15. The van der Waals surface area contributed by atoms with Crippen molar-refractivity contribution in [1.82, 2.24) is 0 Å². The third-order valence-corrected chi connectivity index (χ3v) is 3.62. The lowest BCUT2D eigenvalue weighted by atomic mass is 9.77. The van der Waals surface area contributed by atoms with Crippen molar-refractivity contribution in [2.75, 3.05) is 6.54 Å². The van der Waals surface area contributed by atoms with Gasteiger partial charge in [-0.2, -0.15) is 0 Å². The summed E-state index contributed by atoms with van der Waals surface area (Å²) in [7, 11) is 0. The van der Waals surface area contributed by atoms with Crippen LogP contribution in [0, 0.1) is 14.9 Å². The zero-order valence-electron chi connectivity index (χ0n) is 9.76. The van der Waals surface area contributed by atoms with Crippen molar-refractivity contribution >= 4 is 22.6 Å². The van der Waals surface area contributed by atoms with Gasteiger partial charge < -0.3 is 5.73 Å². The van der Waals surface area contributed by atoms with E-state index in [-0.39, 0.29) is 5.41 Å². The van der Waals surface area contributed by atoms with E-state index in [4.69, 9.17) is 5.73 Å². The summed E-state index contributed by atoms with van der Waals surface area (Å²) in [6, 6.07) is 8.73. The number of hydrogen-bond acceptors (Lipinski definition) is 1. The fraction of sp³-hybridized carbons (Fsp3) is 0.538. The third kappa shape index (κ3) is 4.11. The first-order valence-electron chi connectivity index (χ1n) is 5.38. The van der Waals surface area contributed by atoms with Gasteiger partial charge in [-0.05, 0) is 64.6 Å². The minimum absolute atomic E-state index is 0.289. The minimum Gasteiger partial charge on any atom is -0.330 e. The van der Waals surface area contributed by atoms with Gasteiger partial charge in [0.2, 0.25) is 0 Å². The van der Waals surface area contributed by atoms with E-state index in [1.807, 2.05) is 0 Å². The smallest absolute Gasteiger partial charge is 0.0130 e. The molecule has 0 bridgehead atoms. The second kappa shape index (κ2) is 5.30. The predicted molar refractivity (Wildman–Crippen MR) is 74.9 cm³/mol.